The van der Waals surface area contributed by atoms with Crippen molar-refractivity contribution in [3.05, 3.63) is 65.7 Å². The minimum absolute atomic E-state index is 0. The van der Waals surface area contributed by atoms with Gasteiger partial charge < -0.3 is 4.90 Å². The minimum Gasteiger partial charge on any atom is -0.378 e. The van der Waals surface area contributed by atoms with E-state index in [9.17, 15) is 0 Å². The van der Waals surface area contributed by atoms with Crippen LogP contribution in [0.3, 0.4) is 0 Å². The SMILES string of the molecule is CN(C)c1ccc(C(=S)C(=S)c2ccccc2)cc1.[Ni].[Ni]. The first-order valence-electron chi connectivity index (χ1n) is 6.01. The summed E-state index contributed by atoms with van der Waals surface area (Å²) in [6, 6.07) is 18.0. The molecule has 0 fully saturated rings. The number of rotatable bonds is 4. The average Bonchev–Trinajstić information content (AvgIpc) is 2.46. The summed E-state index contributed by atoms with van der Waals surface area (Å²) in [6.07, 6.45) is 0. The Kier molecular flexibility index (Phi) is 9.16. The van der Waals surface area contributed by atoms with Crippen molar-refractivity contribution in [2.75, 3.05) is 19.0 Å². The molecule has 0 aliphatic rings. The molecule has 0 bridgehead atoms. The van der Waals surface area contributed by atoms with E-state index < -0.39 is 0 Å². The van der Waals surface area contributed by atoms with Gasteiger partial charge in [0.2, 0.25) is 0 Å². The third-order valence-corrected chi connectivity index (χ3v) is 3.90. The average molecular weight is 403 g/mol. The molecule has 0 saturated heterocycles. The molecule has 0 N–H and O–H groups in total. The molecule has 0 saturated carbocycles. The molecule has 116 valence electrons. The number of nitrogens with zero attached hydrogens (tertiary/aromatic N) is 1. The Labute approximate surface area is 157 Å². The van der Waals surface area contributed by atoms with Crippen LogP contribution in [0, 0.1) is 0 Å². The number of hydrogen-bond acceptors (Lipinski definition) is 3. The molecule has 21 heavy (non-hydrogen) atoms. The third kappa shape index (κ3) is 5.27. The Bertz CT molecular complexity index is 595. The van der Waals surface area contributed by atoms with Crippen LogP contribution in [0.1, 0.15) is 11.1 Å². The van der Waals surface area contributed by atoms with Gasteiger partial charge in [-0.2, -0.15) is 0 Å². The van der Waals surface area contributed by atoms with Gasteiger partial charge in [0.15, 0.2) is 0 Å². The van der Waals surface area contributed by atoms with Crippen molar-refractivity contribution in [2.24, 2.45) is 0 Å². The number of thiocarbonyl (C=S) groups is 2. The Hall–Kier alpha value is -0.593. The van der Waals surface area contributed by atoms with Gasteiger partial charge in [-0.15, -0.1) is 0 Å². The Morgan fingerprint density at radius 2 is 1.14 bits per heavy atom. The summed E-state index contributed by atoms with van der Waals surface area (Å²) in [7, 11) is 4.03. The summed E-state index contributed by atoms with van der Waals surface area (Å²) in [6.45, 7) is 0. The zero-order valence-corrected chi connectivity index (χ0v) is 15.2. The summed E-state index contributed by atoms with van der Waals surface area (Å²) in [5.74, 6) is 0. The number of benzene rings is 2. The van der Waals surface area contributed by atoms with Gasteiger partial charge in [-0.1, -0.05) is 66.9 Å². The predicted octanol–water partition coefficient (Wildman–Crippen LogP) is 3.88. The van der Waals surface area contributed by atoms with Crippen LogP contribution in [-0.4, -0.2) is 23.8 Å². The second-order valence-corrected chi connectivity index (χ2v) is 5.28. The molecule has 5 heteroatoms. The van der Waals surface area contributed by atoms with E-state index >= 15 is 0 Å². The normalized spacial score (nSPS) is 9.05. The zero-order chi connectivity index (χ0) is 13.8. The van der Waals surface area contributed by atoms with Crippen molar-refractivity contribution in [1.29, 1.82) is 0 Å². The van der Waals surface area contributed by atoms with Crippen molar-refractivity contribution in [1.82, 2.24) is 0 Å². The van der Waals surface area contributed by atoms with E-state index in [2.05, 4.69) is 17.0 Å². The molecule has 0 aromatic heterocycles. The van der Waals surface area contributed by atoms with E-state index in [1.165, 1.54) is 0 Å². The van der Waals surface area contributed by atoms with E-state index in [1.807, 2.05) is 56.6 Å². The summed E-state index contributed by atoms with van der Waals surface area (Å²) in [5.41, 5.74) is 3.14. The molecular weight excluding hydrogens is 388 g/mol. The molecule has 0 radical (unpaired) electrons. The molecule has 0 unspecified atom stereocenters. The monoisotopic (exact) mass is 401 g/mol. The van der Waals surface area contributed by atoms with Crippen LogP contribution in [0.5, 0.6) is 0 Å². The van der Waals surface area contributed by atoms with Gasteiger partial charge in [-0.05, 0) is 23.3 Å². The van der Waals surface area contributed by atoms with Gasteiger partial charge in [0.25, 0.3) is 0 Å². The van der Waals surface area contributed by atoms with E-state index in [4.69, 9.17) is 24.4 Å². The van der Waals surface area contributed by atoms with Gasteiger partial charge in [0, 0.05) is 52.8 Å². The second-order valence-electron chi connectivity index (χ2n) is 4.47. The Balaban J connectivity index is 0.00000200. The van der Waals surface area contributed by atoms with Gasteiger partial charge in [0.05, 0.1) is 9.73 Å². The first kappa shape index (κ1) is 20.4. The molecule has 0 atom stereocenters. The topological polar surface area (TPSA) is 3.24 Å². The van der Waals surface area contributed by atoms with Crippen molar-refractivity contribution in [3.8, 4) is 0 Å². The van der Waals surface area contributed by atoms with Crippen molar-refractivity contribution < 1.29 is 33.0 Å². The van der Waals surface area contributed by atoms with Crippen LogP contribution >= 0.6 is 24.4 Å². The first-order valence-corrected chi connectivity index (χ1v) is 6.82. The van der Waals surface area contributed by atoms with Gasteiger partial charge in [-0.25, -0.2) is 0 Å². The Morgan fingerprint density at radius 1 is 0.714 bits per heavy atom. The molecule has 0 aliphatic carbocycles. The van der Waals surface area contributed by atoms with Crippen LogP contribution < -0.4 is 4.90 Å². The van der Waals surface area contributed by atoms with E-state index in [0.717, 1.165) is 26.5 Å². The molecule has 0 amide bonds. The summed E-state index contributed by atoms with van der Waals surface area (Å²) >= 11 is 10.9. The summed E-state index contributed by atoms with van der Waals surface area (Å²) < 4.78 is 0. The van der Waals surface area contributed by atoms with E-state index in [-0.39, 0.29) is 33.0 Å². The van der Waals surface area contributed by atoms with Crippen LogP contribution in [0.15, 0.2) is 54.6 Å². The van der Waals surface area contributed by atoms with Crippen molar-refractivity contribution in [2.45, 2.75) is 0 Å². The standard InChI is InChI=1S/C16H15NS2.2Ni/c1-17(2)14-10-8-13(9-11-14)16(19)15(18)12-6-4-3-5-7-12;;/h3-11H,1-2H3;;. The largest absolute Gasteiger partial charge is 0.378 e. The summed E-state index contributed by atoms with van der Waals surface area (Å²) in [4.78, 5) is 3.52. The molecule has 2 aromatic carbocycles. The number of anilines is 1. The van der Waals surface area contributed by atoms with E-state index in [0.29, 0.717) is 0 Å². The van der Waals surface area contributed by atoms with Crippen molar-refractivity contribution in [3.63, 3.8) is 0 Å². The fourth-order valence-corrected chi connectivity index (χ4v) is 2.27. The predicted molar refractivity (Wildman–Crippen MR) is 90.6 cm³/mol. The maximum Gasteiger partial charge on any atom is 0.0636 e. The molecule has 2 aromatic rings. The van der Waals surface area contributed by atoms with Crippen molar-refractivity contribution >= 4 is 39.9 Å². The molecule has 1 nitrogen and oxygen atoms in total. The molecule has 2 rings (SSSR count). The van der Waals surface area contributed by atoms with Crippen LogP contribution in [-0.2, 0) is 33.0 Å². The first-order chi connectivity index (χ1) is 9.09. The van der Waals surface area contributed by atoms with Gasteiger partial charge in [-0.3, -0.25) is 0 Å². The Morgan fingerprint density at radius 3 is 1.57 bits per heavy atom. The smallest absolute Gasteiger partial charge is 0.0636 e. The quantitative estimate of drug-likeness (QED) is 0.434. The zero-order valence-electron chi connectivity index (χ0n) is 11.6. The third-order valence-electron chi connectivity index (χ3n) is 2.89. The van der Waals surface area contributed by atoms with Gasteiger partial charge in [0.1, 0.15) is 0 Å². The van der Waals surface area contributed by atoms with Crippen LogP contribution in [0.2, 0.25) is 0 Å². The molecule has 0 spiro atoms. The molecule has 0 heterocycles. The van der Waals surface area contributed by atoms with Gasteiger partial charge >= 0.3 is 0 Å². The summed E-state index contributed by atoms with van der Waals surface area (Å²) in [5, 5.41) is 0. The van der Waals surface area contributed by atoms with E-state index in [1.54, 1.807) is 0 Å². The minimum atomic E-state index is 0. The second kappa shape index (κ2) is 9.43. The van der Waals surface area contributed by atoms with Crippen LogP contribution in [0.4, 0.5) is 5.69 Å². The maximum atomic E-state index is 5.48. The fourth-order valence-electron chi connectivity index (χ4n) is 1.76. The molecular formula is C16H15NNi2S2. The fraction of sp³-hybridized carbons (Fsp3) is 0.125. The molecule has 0 aliphatic heterocycles. The van der Waals surface area contributed by atoms with Crippen LogP contribution in [0.25, 0.3) is 0 Å². The number of hydrogen-bond donors (Lipinski definition) is 0. The maximum absolute atomic E-state index is 5.48.